The molecule has 0 unspecified atom stereocenters. The number of hydrogen-bond acceptors (Lipinski definition) is 11. The molecule has 13 heteroatoms. The zero-order valence-corrected chi connectivity index (χ0v) is 93.6. The molecule has 0 aliphatic rings. The second-order valence-electron chi connectivity index (χ2n) is 42.6. The molecule has 11 nitrogen and oxygen atoms in total. The van der Waals surface area contributed by atoms with Crippen molar-refractivity contribution in [1.29, 1.82) is 0 Å². The largest absolute Gasteiger partial charge is 2.00 e. The van der Waals surface area contributed by atoms with Gasteiger partial charge in [-0.25, -0.2) is 0 Å². The second kappa shape index (κ2) is 75.7. The third-order valence-corrected chi connectivity index (χ3v) is 20.2. The van der Waals surface area contributed by atoms with Crippen molar-refractivity contribution in [3.8, 4) is 0 Å². The fourth-order valence-corrected chi connectivity index (χ4v) is 13.8. The molecule has 0 amide bonds. The smallest absolute Gasteiger partial charge is 0.381 e. The molecule has 0 radical (unpaired) electrons. The van der Waals surface area contributed by atoms with Crippen LogP contribution in [0, 0.1) is 60.2 Å². The molecule has 6 rings (SSSR count). The molecule has 0 aliphatic carbocycles. The summed E-state index contributed by atoms with van der Waals surface area (Å²) in [7, 11) is 0. The van der Waals surface area contributed by atoms with E-state index in [1.165, 1.54) is 72.4 Å². The van der Waals surface area contributed by atoms with Crippen molar-refractivity contribution < 1.29 is 94.8 Å². The van der Waals surface area contributed by atoms with Crippen molar-refractivity contribution in [2.45, 2.75) is 397 Å². The van der Waals surface area contributed by atoms with Gasteiger partial charge in [-0.05, 0) is 177 Å². The number of unbranched alkanes of at least 4 members (excludes halogenated alkanes) is 13. The van der Waals surface area contributed by atoms with Gasteiger partial charge in [0, 0.05) is 105 Å². The normalized spacial score (nSPS) is 11.1. The van der Waals surface area contributed by atoms with E-state index in [9.17, 15) is 43.2 Å². The first-order valence-electron chi connectivity index (χ1n) is 49.5. The third kappa shape index (κ3) is 78.8. The molecule has 6 aromatic rings. The van der Waals surface area contributed by atoms with Gasteiger partial charge >= 0.3 is 42.1 Å². The number of hydrogen-bond donors (Lipinski definition) is 0. The van der Waals surface area contributed by atoms with E-state index in [2.05, 4.69) is 239 Å². The Morgan fingerprint density at radius 2 is 0.409 bits per heavy atom. The molecule has 0 aromatic heterocycles. The quantitative estimate of drug-likeness (QED) is 0.0202. The van der Waals surface area contributed by atoms with Gasteiger partial charge in [-0.3, -0.25) is 33.6 Å². The summed E-state index contributed by atoms with van der Waals surface area (Å²) in [5.74, 6) is 2.01. The summed E-state index contributed by atoms with van der Waals surface area (Å²) in [6.07, 6.45) is 33.2. The number of benzene rings is 6. The summed E-state index contributed by atoms with van der Waals surface area (Å²) in [6, 6.07) is 48.5. The van der Waals surface area contributed by atoms with Crippen LogP contribution in [0.1, 0.15) is 454 Å². The molecule has 0 saturated heterocycles. The Hall–Kier alpha value is -6.35. The predicted molar refractivity (Wildman–Crippen MR) is 554 cm³/mol. The molecule has 0 spiro atoms. The standard InChI is InChI=1S/C21H32O2.C20H30O3.C20H32O.C19H30O2.2C16H23O.C4H7O.C3H7.2W/c1-17(22)10-8-6-5-7-9-11-20(23)19-14-12-18(13-15-19)16-21(2,3)4;1-16(21)12-14-23-13-6-5-7-19(22)18-10-8-17(9-11-18)15-20(2,3)4;1-5-6-7-8-9-10-11-19(21)18-14-12-17(13-15-18)16-20(2,3)4;1-5-13-21-14-7-6-8-18(20)17-11-9-16(10-12-17)15-19(2,3)4;2*1-5-6-7-15(17)14-10-8-13(9-11-14)12-16(2,3)4;1-3-4(2)5;1-3-2;;/h12-15H,5-11,16H2,1-4H3;8-11H,5-7,12-15H2,1-4H3;12-15H,5-11,16H2,1-4H3;9-12H,5-8,13-15H2,1-4H3;2*8-11H,1,5-7,12H2,2-4H3;1,3H2,2H3;1,3H2,2H3;;/q;;;;4*-1;2*+2. The van der Waals surface area contributed by atoms with Crippen LogP contribution in [0.3, 0.4) is 0 Å². The van der Waals surface area contributed by atoms with E-state index in [1.807, 2.05) is 79.7 Å². The van der Waals surface area contributed by atoms with E-state index in [1.54, 1.807) is 13.8 Å². The maximum absolute atomic E-state index is 12.2. The summed E-state index contributed by atoms with van der Waals surface area (Å²) < 4.78 is 10.8. The second-order valence-corrected chi connectivity index (χ2v) is 42.6. The Bertz CT molecular complexity index is 3740. The summed E-state index contributed by atoms with van der Waals surface area (Å²) in [6.45, 7) is 68.2. The molecular weight excluding hydrogens is 1970 g/mol. The van der Waals surface area contributed by atoms with E-state index in [-0.39, 0.29) is 105 Å². The third-order valence-electron chi connectivity index (χ3n) is 20.2. The molecule has 0 fully saturated rings. The van der Waals surface area contributed by atoms with Crippen molar-refractivity contribution in [3.63, 3.8) is 0 Å². The van der Waals surface area contributed by atoms with E-state index >= 15 is 0 Å². The predicted octanol–water partition coefficient (Wildman–Crippen LogP) is 32.6. The minimum atomic E-state index is 0. The van der Waals surface area contributed by atoms with Gasteiger partial charge in [-0.2, -0.15) is 19.3 Å². The molecule has 0 aliphatic heterocycles. The molecule has 6 aromatic carbocycles. The van der Waals surface area contributed by atoms with E-state index in [0.29, 0.717) is 93.0 Å². The molecular formula is C119H184O11W2. The van der Waals surface area contributed by atoms with E-state index < -0.39 is 0 Å². The van der Waals surface area contributed by atoms with Crippen molar-refractivity contribution in [2.75, 3.05) is 26.4 Å². The molecule has 0 N–H and O–H groups in total. The Balaban J connectivity index is -0.000000732. The fourth-order valence-electron chi connectivity index (χ4n) is 13.8. The van der Waals surface area contributed by atoms with Gasteiger partial charge in [0.1, 0.15) is 11.6 Å². The Morgan fingerprint density at radius 1 is 0.227 bits per heavy atom. The molecule has 0 saturated carbocycles. The Labute approximate surface area is 837 Å². The van der Waals surface area contributed by atoms with Crippen molar-refractivity contribution in [2.24, 2.45) is 32.5 Å². The van der Waals surface area contributed by atoms with E-state index in [4.69, 9.17) is 9.47 Å². The minimum absolute atomic E-state index is 0. The number of Topliss-reactive ketones (excluding diaryl/α,β-unsaturated/α-hetero) is 9. The van der Waals surface area contributed by atoms with Crippen LogP contribution in [0.2, 0.25) is 0 Å². The average molecular weight is 2160 g/mol. The van der Waals surface area contributed by atoms with Crippen molar-refractivity contribution in [1.82, 2.24) is 0 Å². The first kappa shape index (κ1) is 132. The number of ketones is 9. The van der Waals surface area contributed by atoms with Gasteiger partial charge < -0.3 is 46.8 Å². The minimum Gasteiger partial charge on any atom is -0.381 e. The summed E-state index contributed by atoms with van der Waals surface area (Å²) >= 11 is 0. The van der Waals surface area contributed by atoms with E-state index in [0.717, 1.165) is 188 Å². The fraction of sp³-hybridized carbons (Fsp3) is 0.588. The Morgan fingerprint density at radius 3 is 0.591 bits per heavy atom. The number of ether oxygens (including phenoxy) is 2. The zero-order valence-electron chi connectivity index (χ0n) is 87.8. The number of rotatable bonds is 49. The summed E-state index contributed by atoms with van der Waals surface area (Å²) in [4.78, 5) is 103. The van der Waals surface area contributed by atoms with Crippen LogP contribution >= 0.6 is 0 Å². The van der Waals surface area contributed by atoms with Gasteiger partial charge in [0.05, 0.1) is 12.4 Å². The maximum atomic E-state index is 12.2. The monoisotopic (exact) mass is 2160 g/mol. The van der Waals surface area contributed by atoms with Crippen LogP contribution in [-0.4, -0.2) is 78.5 Å². The SMILES string of the molecule is CC(=O)CCCCCCCC(=O)c1ccc(CC(C)(C)C)cc1.CC(=O)CCOCCCCC(=O)c1ccc(CC(C)(C)C)cc1.CCCCCCCCC(=O)c1ccc(CC(C)(C)C)cc1.CCCOCCCCC(=O)c1ccc(CC(C)(C)C)cc1.[CH2-]CC.[CH2-]CC(C)=O.[CH2-]CCCC(=O)c1ccc(CC(C)(C)C)cc1.[CH2-]CCCC(=O)c1ccc(CC(C)(C)C)cc1.[W+2].[W+2]. The molecule has 132 heavy (non-hydrogen) atoms. The van der Waals surface area contributed by atoms with Crippen molar-refractivity contribution >= 4 is 52.0 Å². The van der Waals surface area contributed by atoms with Crippen molar-refractivity contribution in [3.05, 3.63) is 240 Å². The summed E-state index contributed by atoms with van der Waals surface area (Å²) in [5, 5.41) is 0. The zero-order chi connectivity index (χ0) is 98.8. The Kier molecular flexibility index (Phi) is 75.7. The van der Waals surface area contributed by atoms with Crippen LogP contribution in [-0.2, 0) is 105 Å². The van der Waals surface area contributed by atoms with Crippen LogP contribution in [0.5, 0.6) is 0 Å². The summed E-state index contributed by atoms with van der Waals surface area (Å²) in [5.41, 5.74) is 14.5. The van der Waals surface area contributed by atoms with Gasteiger partial charge in [0.25, 0.3) is 0 Å². The maximum Gasteiger partial charge on any atom is 2.00 e. The molecule has 0 heterocycles. The molecule has 738 valence electrons. The van der Waals surface area contributed by atoms with Gasteiger partial charge in [-0.15, -0.1) is 6.42 Å². The molecule has 0 atom stereocenters. The van der Waals surface area contributed by atoms with Gasteiger partial charge in [-0.1, -0.05) is 355 Å². The first-order valence-corrected chi connectivity index (χ1v) is 49.5. The van der Waals surface area contributed by atoms with Crippen LogP contribution in [0.25, 0.3) is 0 Å². The number of carbonyl (C=O) groups excluding carboxylic acids is 9. The van der Waals surface area contributed by atoms with Crippen LogP contribution in [0.4, 0.5) is 0 Å². The van der Waals surface area contributed by atoms with Crippen LogP contribution < -0.4 is 0 Å². The van der Waals surface area contributed by atoms with Gasteiger partial charge in [0.15, 0.2) is 34.7 Å². The topological polar surface area (TPSA) is 172 Å². The number of carbonyl (C=O) groups is 9. The molecule has 0 bridgehead atoms. The average Bonchev–Trinajstić information content (AvgIpc) is 0.900. The first-order chi connectivity index (χ1) is 60.9. The van der Waals surface area contributed by atoms with Crippen LogP contribution in [0.15, 0.2) is 146 Å². The van der Waals surface area contributed by atoms with Gasteiger partial charge in [0.2, 0.25) is 0 Å².